The second kappa shape index (κ2) is 12.9. The molecule has 0 fully saturated rings. The Morgan fingerprint density at radius 1 is 1.11 bits per heavy atom. The highest BCUT2D eigenvalue weighted by Crippen LogP contribution is 2.12. The van der Waals surface area contributed by atoms with Crippen LogP contribution in [-0.4, -0.2) is 54.9 Å². The predicted molar refractivity (Wildman–Crippen MR) is 135 cm³/mol. The third-order valence-corrected chi connectivity index (χ3v) is 5.32. The maximum Gasteiger partial charge on any atom is 0.326 e. The SMILES string of the molecule is CCCCC(=O)OC(=O)CC[C@H](NC(=O)c1ccc(NCc2cnc3[nH]c(N)nc(=O)c3n2)cc1)C(=O)O. The predicted octanol–water partition coefficient (Wildman–Crippen LogP) is 1.13. The average Bonchev–Trinajstić information content (AvgIpc) is 2.88. The van der Waals surface area contributed by atoms with Crippen LogP contribution in [0.1, 0.15) is 55.1 Å². The van der Waals surface area contributed by atoms with Crippen LogP contribution < -0.4 is 21.9 Å². The molecular weight excluding hydrogens is 498 g/mol. The summed E-state index contributed by atoms with van der Waals surface area (Å²) in [6, 6.07) is 4.83. The van der Waals surface area contributed by atoms with Crippen LogP contribution in [0.15, 0.2) is 35.3 Å². The van der Waals surface area contributed by atoms with E-state index in [2.05, 4.69) is 35.3 Å². The van der Waals surface area contributed by atoms with Crippen molar-refractivity contribution < 1.29 is 29.0 Å². The lowest BCUT2D eigenvalue weighted by atomic mass is 10.1. The lowest BCUT2D eigenvalue weighted by molar-refractivity contribution is -0.159. The highest BCUT2D eigenvalue weighted by Gasteiger charge is 2.23. The molecule has 38 heavy (non-hydrogen) atoms. The van der Waals surface area contributed by atoms with Gasteiger partial charge in [-0.2, -0.15) is 4.98 Å². The zero-order valence-electron chi connectivity index (χ0n) is 20.5. The molecule has 0 aliphatic carbocycles. The Kier molecular flexibility index (Phi) is 9.40. The van der Waals surface area contributed by atoms with Gasteiger partial charge in [-0.25, -0.2) is 14.8 Å². The van der Waals surface area contributed by atoms with E-state index in [1.807, 2.05) is 6.92 Å². The molecule has 1 atom stereocenters. The van der Waals surface area contributed by atoms with Crippen LogP contribution in [0.4, 0.5) is 11.6 Å². The van der Waals surface area contributed by atoms with Gasteiger partial charge in [-0.3, -0.25) is 19.2 Å². The first kappa shape index (κ1) is 27.7. The van der Waals surface area contributed by atoms with Crippen molar-refractivity contribution in [2.24, 2.45) is 0 Å². The van der Waals surface area contributed by atoms with Crippen molar-refractivity contribution in [1.82, 2.24) is 25.3 Å². The molecule has 3 aromatic rings. The van der Waals surface area contributed by atoms with Crippen molar-refractivity contribution in [3.05, 3.63) is 52.1 Å². The quantitative estimate of drug-likeness (QED) is 0.166. The summed E-state index contributed by atoms with van der Waals surface area (Å²) < 4.78 is 4.65. The molecule has 14 nitrogen and oxygen atoms in total. The molecule has 3 rings (SSSR count). The number of rotatable bonds is 12. The number of esters is 2. The van der Waals surface area contributed by atoms with Gasteiger partial charge in [0.25, 0.3) is 5.91 Å². The molecule has 0 bridgehead atoms. The van der Waals surface area contributed by atoms with Crippen LogP contribution in [0, 0.1) is 0 Å². The smallest absolute Gasteiger partial charge is 0.326 e. The number of nitrogens with two attached hydrogens (primary N) is 1. The highest BCUT2D eigenvalue weighted by molar-refractivity contribution is 5.97. The minimum Gasteiger partial charge on any atom is -0.480 e. The molecular formula is C24H27N7O7. The summed E-state index contributed by atoms with van der Waals surface area (Å²) in [5.41, 5.74) is 6.45. The van der Waals surface area contributed by atoms with Crippen molar-refractivity contribution in [3.8, 4) is 0 Å². The number of fused-ring (bicyclic) bond motifs is 1. The number of nitrogens with zero attached hydrogens (tertiary/aromatic N) is 3. The maximum absolute atomic E-state index is 12.5. The fourth-order valence-electron chi connectivity index (χ4n) is 3.31. The number of aromatic amines is 1. The summed E-state index contributed by atoms with van der Waals surface area (Å²) in [5.74, 6) is -3.54. The number of carbonyl (C=O) groups excluding carboxylic acids is 3. The van der Waals surface area contributed by atoms with E-state index in [0.717, 1.165) is 6.42 Å². The third kappa shape index (κ3) is 7.81. The molecule has 0 aliphatic heterocycles. The average molecular weight is 526 g/mol. The molecule has 14 heteroatoms. The number of carbonyl (C=O) groups is 4. The van der Waals surface area contributed by atoms with Gasteiger partial charge in [-0.05, 0) is 37.1 Å². The Morgan fingerprint density at radius 3 is 2.50 bits per heavy atom. The topological polar surface area (TPSA) is 219 Å². The van der Waals surface area contributed by atoms with Crippen molar-refractivity contribution in [2.45, 2.75) is 51.6 Å². The van der Waals surface area contributed by atoms with E-state index >= 15 is 0 Å². The Balaban J connectivity index is 1.53. The van der Waals surface area contributed by atoms with E-state index < -0.39 is 35.4 Å². The van der Waals surface area contributed by atoms with Gasteiger partial charge < -0.3 is 31.2 Å². The van der Waals surface area contributed by atoms with E-state index in [0.29, 0.717) is 17.8 Å². The van der Waals surface area contributed by atoms with E-state index in [1.54, 1.807) is 12.1 Å². The van der Waals surface area contributed by atoms with E-state index in [1.165, 1.54) is 18.3 Å². The summed E-state index contributed by atoms with van der Waals surface area (Å²) in [5, 5.41) is 14.9. The van der Waals surface area contributed by atoms with E-state index in [9.17, 15) is 29.1 Å². The molecule has 2 aromatic heterocycles. The number of nitrogen functional groups attached to an aromatic ring is 1. The largest absolute Gasteiger partial charge is 0.480 e. The number of aliphatic carboxylic acids is 1. The van der Waals surface area contributed by atoms with Gasteiger partial charge in [0.05, 0.1) is 18.4 Å². The Labute approximate surface area is 216 Å². The number of unbranched alkanes of at least 4 members (excludes halogenated alkanes) is 1. The van der Waals surface area contributed by atoms with E-state index in [4.69, 9.17) is 5.73 Å². The van der Waals surface area contributed by atoms with E-state index in [-0.39, 0.29) is 48.5 Å². The number of benzene rings is 1. The van der Waals surface area contributed by atoms with Crippen LogP contribution in [-0.2, 0) is 25.7 Å². The van der Waals surface area contributed by atoms with Crippen molar-refractivity contribution >= 4 is 46.6 Å². The molecule has 200 valence electrons. The molecule has 0 spiro atoms. The third-order valence-electron chi connectivity index (χ3n) is 5.32. The molecule has 0 radical (unpaired) electrons. The molecule has 0 saturated carbocycles. The highest BCUT2D eigenvalue weighted by atomic mass is 16.6. The first-order chi connectivity index (χ1) is 18.2. The van der Waals surface area contributed by atoms with Gasteiger partial charge in [-0.1, -0.05) is 13.3 Å². The molecule has 2 heterocycles. The van der Waals surface area contributed by atoms with Crippen LogP contribution >= 0.6 is 0 Å². The second-order valence-electron chi connectivity index (χ2n) is 8.27. The standard InChI is InChI=1S/C24H27N7O7/c1-2-3-4-17(32)38-18(33)10-9-16(23(36)37)29-21(34)13-5-7-14(8-6-13)26-11-15-12-27-20-19(28-15)22(35)31-24(25)30-20/h5-8,12,16,26H,2-4,9-11H2,1H3,(H,29,34)(H,36,37)(H3,25,27,30,31,35)/t16-/m0/s1. The number of amides is 1. The molecule has 0 aliphatic rings. The minimum atomic E-state index is -1.35. The van der Waals surface area contributed by atoms with Gasteiger partial charge >= 0.3 is 23.5 Å². The number of anilines is 2. The summed E-state index contributed by atoms with van der Waals surface area (Å²) in [7, 11) is 0. The first-order valence-corrected chi connectivity index (χ1v) is 11.8. The number of nitrogens with one attached hydrogen (secondary N) is 3. The molecule has 1 aromatic carbocycles. The summed E-state index contributed by atoms with van der Waals surface area (Å²) in [6.07, 6.45) is 2.34. The maximum atomic E-state index is 12.5. The molecule has 1 amide bonds. The molecule has 0 unspecified atom stereocenters. The monoisotopic (exact) mass is 525 g/mol. The number of carboxylic acid groups (broad SMARTS) is 1. The van der Waals surface area contributed by atoms with Gasteiger partial charge in [0.1, 0.15) is 6.04 Å². The van der Waals surface area contributed by atoms with Gasteiger partial charge in [0.2, 0.25) is 5.95 Å². The Bertz CT molecular complexity index is 1390. The number of carboxylic acids is 1. The number of H-pyrrole nitrogens is 1. The van der Waals surface area contributed by atoms with Crippen LogP contribution in [0.3, 0.4) is 0 Å². The second-order valence-corrected chi connectivity index (χ2v) is 8.27. The lowest BCUT2D eigenvalue weighted by Gasteiger charge is -2.14. The fraction of sp³-hybridized carbons (Fsp3) is 0.333. The Morgan fingerprint density at radius 2 is 1.82 bits per heavy atom. The normalized spacial score (nSPS) is 11.5. The minimum absolute atomic E-state index is 0.0508. The Hall–Kier alpha value is -4.88. The molecule has 6 N–H and O–H groups in total. The zero-order valence-corrected chi connectivity index (χ0v) is 20.5. The number of aromatic nitrogens is 4. The van der Waals surface area contributed by atoms with Gasteiger partial charge in [0.15, 0.2) is 11.2 Å². The summed E-state index contributed by atoms with van der Waals surface area (Å²) in [4.78, 5) is 74.0. The van der Waals surface area contributed by atoms with Crippen molar-refractivity contribution in [1.29, 1.82) is 0 Å². The van der Waals surface area contributed by atoms with Gasteiger partial charge in [-0.15, -0.1) is 0 Å². The summed E-state index contributed by atoms with van der Waals surface area (Å²) in [6.45, 7) is 2.11. The fourth-order valence-corrected chi connectivity index (χ4v) is 3.31. The number of ether oxygens (including phenoxy) is 1. The number of hydrogen-bond donors (Lipinski definition) is 5. The molecule has 0 saturated heterocycles. The number of hydrogen-bond acceptors (Lipinski definition) is 11. The van der Waals surface area contributed by atoms with Crippen molar-refractivity contribution in [3.63, 3.8) is 0 Å². The van der Waals surface area contributed by atoms with Gasteiger partial charge in [0, 0.05) is 24.1 Å². The lowest BCUT2D eigenvalue weighted by Crippen LogP contribution is -2.41. The van der Waals surface area contributed by atoms with Crippen LogP contribution in [0.25, 0.3) is 11.2 Å². The van der Waals surface area contributed by atoms with Crippen molar-refractivity contribution in [2.75, 3.05) is 11.1 Å². The van der Waals surface area contributed by atoms with Crippen LogP contribution in [0.2, 0.25) is 0 Å². The summed E-state index contributed by atoms with van der Waals surface area (Å²) >= 11 is 0. The van der Waals surface area contributed by atoms with Crippen LogP contribution in [0.5, 0.6) is 0 Å². The first-order valence-electron chi connectivity index (χ1n) is 11.8. The zero-order chi connectivity index (χ0) is 27.7.